The zero-order valence-corrected chi connectivity index (χ0v) is 16.2. The highest BCUT2D eigenvalue weighted by Crippen LogP contribution is 2.22. The van der Waals surface area contributed by atoms with Crippen LogP contribution in [0.3, 0.4) is 0 Å². The second-order valence-corrected chi connectivity index (χ2v) is 6.67. The van der Waals surface area contributed by atoms with Crippen LogP contribution >= 0.6 is 11.8 Å². The monoisotopic (exact) mass is 404 g/mol. The van der Waals surface area contributed by atoms with Crippen molar-refractivity contribution in [1.29, 1.82) is 0 Å². The average molecular weight is 404 g/mol. The molecule has 0 unspecified atom stereocenters. The van der Waals surface area contributed by atoms with Gasteiger partial charge in [0.15, 0.2) is 10.9 Å². The lowest BCUT2D eigenvalue weighted by molar-refractivity contribution is 0.0452. The summed E-state index contributed by atoms with van der Waals surface area (Å²) in [5, 5.41) is 0.527. The van der Waals surface area contributed by atoms with Crippen molar-refractivity contribution < 1.29 is 13.9 Å². The number of hydrogen-bond acceptors (Lipinski definition) is 6. The fraction of sp³-hybridized carbons (Fsp3) is 0.222. The lowest BCUT2D eigenvalue weighted by atomic mass is 10.3. The molecule has 0 spiro atoms. The molecule has 2 heterocycles. The lowest BCUT2D eigenvalue weighted by Gasteiger charge is -2.12. The first kappa shape index (κ1) is 19.6. The van der Waals surface area contributed by atoms with Gasteiger partial charge in [0.05, 0.1) is 11.9 Å². The zero-order chi connectivity index (χ0) is 20.4. The molecule has 0 bridgehead atoms. The summed E-state index contributed by atoms with van der Waals surface area (Å²) in [6.07, 6.45) is 3.16. The molecular weight excluding hydrogens is 387 g/mol. The molecule has 1 aromatic carbocycles. The van der Waals surface area contributed by atoms with E-state index >= 15 is 0 Å². The van der Waals surface area contributed by atoms with Crippen molar-refractivity contribution >= 4 is 17.7 Å². The van der Waals surface area contributed by atoms with Crippen LogP contribution in [0.15, 0.2) is 51.3 Å². The Morgan fingerprint density at radius 2 is 1.86 bits per heavy atom. The summed E-state index contributed by atoms with van der Waals surface area (Å²) >= 11 is 1.32. The van der Waals surface area contributed by atoms with E-state index in [1.807, 2.05) is 0 Å². The SMILES string of the molecule is CSc1ncc(C(=O)OCc2cc(=O)n(C)c(=O)n2C)n1-c1ccc(F)cc1. The molecule has 0 aliphatic rings. The minimum atomic E-state index is -0.690. The van der Waals surface area contributed by atoms with Crippen molar-refractivity contribution in [3.05, 3.63) is 74.6 Å². The molecule has 0 amide bonds. The molecule has 28 heavy (non-hydrogen) atoms. The highest BCUT2D eigenvalue weighted by atomic mass is 32.2. The summed E-state index contributed by atoms with van der Waals surface area (Å²) < 4.78 is 22.3. The first-order valence-corrected chi connectivity index (χ1v) is 9.36. The molecular formula is C18H17FN4O4S. The van der Waals surface area contributed by atoms with Crippen molar-refractivity contribution in [3.63, 3.8) is 0 Å². The molecule has 10 heteroatoms. The summed E-state index contributed by atoms with van der Waals surface area (Å²) in [6.45, 7) is -0.260. The van der Waals surface area contributed by atoms with E-state index in [2.05, 4.69) is 4.98 Å². The van der Waals surface area contributed by atoms with Crippen LogP contribution < -0.4 is 11.2 Å². The Kier molecular flexibility index (Phi) is 5.50. The molecule has 0 aliphatic heterocycles. The third-order valence-electron chi connectivity index (χ3n) is 4.18. The van der Waals surface area contributed by atoms with E-state index in [9.17, 15) is 18.8 Å². The van der Waals surface area contributed by atoms with Gasteiger partial charge in [0.25, 0.3) is 5.56 Å². The number of nitrogens with zero attached hydrogens (tertiary/aromatic N) is 4. The van der Waals surface area contributed by atoms with E-state index in [0.29, 0.717) is 10.8 Å². The van der Waals surface area contributed by atoms with E-state index in [1.54, 1.807) is 10.8 Å². The number of rotatable bonds is 5. The minimum absolute atomic E-state index is 0.143. The molecule has 146 valence electrons. The molecule has 0 fully saturated rings. The number of ether oxygens (including phenoxy) is 1. The molecule has 0 saturated heterocycles. The van der Waals surface area contributed by atoms with E-state index < -0.39 is 23.0 Å². The molecule has 0 aliphatic carbocycles. The summed E-state index contributed by atoms with van der Waals surface area (Å²) in [5.74, 6) is -1.09. The highest BCUT2D eigenvalue weighted by Gasteiger charge is 2.20. The number of aromatic nitrogens is 4. The molecule has 8 nitrogen and oxygen atoms in total. The molecule has 2 aromatic heterocycles. The zero-order valence-electron chi connectivity index (χ0n) is 15.4. The topological polar surface area (TPSA) is 88.1 Å². The van der Waals surface area contributed by atoms with Gasteiger partial charge in [-0.25, -0.2) is 19.0 Å². The number of thioether (sulfide) groups is 1. The molecule has 3 rings (SSSR count). The van der Waals surface area contributed by atoms with Gasteiger partial charge >= 0.3 is 11.7 Å². The van der Waals surface area contributed by atoms with E-state index in [1.165, 1.54) is 67.0 Å². The van der Waals surface area contributed by atoms with Gasteiger partial charge in [-0.2, -0.15) is 0 Å². The largest absolute Gasteiger partial charge is 0.455 e. The van der Waals surface area contributed by atoms with Crippen molar-refractivity contribution in [3.8, 4) is 5.69 Å². The van der Waals surface area contributed by atoms with Crippen molar-refractivity contribution in [2.24, 2.45) is 14.1 Å². The highest BCUT2D eigenvalue weighted by molar-refractivity contribution is 7.98. The minimum Gasteiger partial charge on any atom is -0.455 e. The predicted octanol–water partition coefficient (Wildman–Crippen LogP) is 1.49. The first-order chi connectivity index (χ1) is 13.3. The fourth-order valence-electron chi connectivity index (χ4n) is 2.59. The number of carbonyl (C=O) groups excluding carboxylic acids is 1. The Labute approximate surface area is 163 Å². The Morgan fingerprint density at radius 3 is 2.50 bits per heavy atom. The van der Waals surface area contributed by atoms with Gasteiger partial charge in [0, 0.05) is 25.8 Å². The Hall–Kier alpha value is -3.14. The van der Waals surface area contributed by atoms with Gasteiger partial charge in [-0.15, -0.1) is 0 Å². The summed E-state index contributed by atoms with van der Waals surface area (Å²) in [7, 11) is 2.85. The van der Waals surface area contributed by atoms with Gasteiger partial charge in [-0.1, -0.05) is 11.8 Å². The number of esters is 1. The molecule has 0 radical (unpaired) electrons. The van der Waals surface area contributed by atoms with Gasteiger partial charge in [-0.3, -0.25) is 18.5 Å². The Morgan fingerprint density at radius 1 is 1.18 bits per heavy atom. The standard InChI is InChI=1S/C18H17FN4O4S/c1-21-13(8-15(24)22(2)18(21)26)10-27-16(25)14-9-20-17(28-3)23(14)12-6-4-11(19)5-7-12/h4-9H,10H2,1-3H3. The van der Waals surface area contributed by atoms with Crippen LogP contribution in [0.5, 0.6) is 0 Å². The third-order valence-corrected chi connectivity index (χ3v) is 4.84. The van der Waals surface area contributed by atoms with Gasteiger partial charge in [0.1, 0.15) is 12.4 Å². The molecule has 3 aromatic rings. The smallest absolute Gasteiger partial charge is 0.357 e. The Balaban J connectivity index is 1.90. The van der Waals surface area contributed by atoms with E-state index in [4.69, 9.17) is 4.74 Å². The predicted molar refractivity (Wildman–Crippen MR) is 101 cm³/mol. The fourth-order valence-corrected chi connectivity index (χ4v) is 3.14. The van der Waals surface area contributed by atoms with Crippen molar-refractivity contribution in [2.45, 2.75) is 11.8 Å². The van der Waals surface area contributed by atoms with Crippen molar-refractivity contribution in [1.82, 2.24) is 18.7 Å². The maximum Gasteiger partial charge on any atom is 0.357 e. The van der Waals surface area contributed by atoms with Crippen LogP contribution in [0, 0.1) is 5.82 Å². The average Bonchev–Trinajstić information content (AvgIpc) is 3.12. The maximum absolute atomic E-state index is 13.2. The quantitative estimate of drug-likeness (QED) is 0.473. The van der Waals surface area contributed by atoms with Crippen LogP contribution in [0.25, 0.3) is 5.69 Å². The van der Waals surface area contributed by atoms with Crippen LogP contribution in [0.1, 0.15) is 16.2 Å². The molecule has 0 N–H and O–H groups in total. The van der Waals surface area contributed by atoms with Crippen LogP contribution in [-0.4, -0.2) is 30.9 Å². The van der Waals surface area contributed by atoms with Gasteiger partial charge in [0.2, 0.25) is 0 Å². The maximum atomic E-state index is 13.2. The number of hydrogen-bond donors (Lipinski definition) is 0. The second kappa shape index (κ2) is 7.85. The number of carbonyl (C=O) groups is 1. The Bertz CT molecular complexity index is 1150. The van der Waals surface area contributed by atoms with Crippen LogP contribution in [0.2, 0.25) is 0 Å². The number of halogens is 1. The van der Waals surface area contributed by atoms with Crippen molar-refractivity contribution in [2.75, 3.05) is 6.26 Å². The van der Waals surface area contributed by atoms with E-state index in [-0.39, 0.29) is 18.0 Å². The van der Waals surface area contributed by atoms with Gasteiger partial charge in [-0.05, 0) is 30.5 Å². The normalized spacial score (nSPS) is 10.9. The first-order valence-electron chi connectivity index (χ1n) is 8.14. The summed E-state index contributed by atoms with van der Waals surface area (Å²) in [6, 6.07) is 6.85. The summed E-state index contributed by atoms with van der Waals surface area (Å²) in [5.41, 5.74) is -0.0462. The number of imidazole rings is 1. The second-order valence-electron chi connectivity index (χ2n) is 5.89. The van der Waals surface area contributed by atoms with Crippen LogP contribution in [-0.2, 0) is 25.4 Å². The molecule has 0 atom stereocenters. The summed E-state index contributed by atoms with van der Waals surface area (Å²) in [4.78, 5) is 40.6. The van der Waals surface area contributed by atoms with E-state index in [0.717, 1.165) is 4.57 Å². The lowest BCUT2D eigenvalue weighted by Crippen LogP contribution is -2.38. The molecule has 0 saturated carbocycles. The van der Waals surface area contributed by atoms with Gasteiger partial charge < -0.3 is 4.74 Å². The van der Waals surface area contributed by atoms with Crippen LogP contribution in [0.4, 0.5) is 4.39 Å². The third kappa shape index (κ3) is 3.63. The number of benzene rings is 1.